The largest absolute Gasteiger partial charge is 0.353 e. The van der Waals surface area contributed by atoms with Gasteiger partial charge in [0.15, 0.2) is 0 Å². The third-order valence-corrected chi connectivity index (χ3v) is 6.69. The van der Waals surface area contributed by atoms with Gasteiger partial charge in [-0.3, -0.25) is 9.59 Å². The lowest BCUT2D eigenvalue weighted by Gasteiger charge is -2.45. The van der Waals surface area contributed by atoms with Gasteiger partial charge in [-0.2, -0.15) is 0 Å². The lowest BCUT2D eigenvalue weighted by atomic mass is 9.71. The molecule has 2 saturated carbocycles. The van der Waals surface area contributed by atoms with Crippen molar-refractivity contribution in [1.82, 2.24) is 20.2 Å². The molecule has 0 aromatic carbocycles. The number of amides is 2. The van der Waals surface area contributed by atoms with Gasteiger partial charge in [0.2, 0.25) is 11.8 Å². The predicted molar refractivity (Wildman–Crippen MR) is 98.2 cm³/mol. The molecular weight excluding hydrogens is 328 g/mol. The topological polar surface area (TPSA) is 78.1 Å². The number of likely N-dealkylation sites (tertiary alicyclic amines) is 1. The van der Waals surface area contributed by atoms with Gasteiger partial charge in [-0.1, -0.05) is 19.8 Å². The van der Waals surface area contributed by atoms with E-state index in [0.717, 1.165) is 44.0 Å². The van der Waals surface area contributed by atoms with Gasteiger partial charge in [0.1, 0.15) is 5.82 Å². The van der Waals surface area contributed by atoms with Gasteiger partial charge < -0.3 is 15.2 Å². The Morgan fingerprint density at radius 1 is 1.35 bits per heavy atom. The van der Waals surface area contributed by atoms with Gasteiger partial charge in [-0.25, -0.2) is 4.98 Å². The van der Waals surface area contributed by atoms with E-state index >= 15 is 0 Å². The van der Waals surface area contributed by atoms with Crippen LogP contribution in [0.3, 0.4) is 0 Å². The number of rotatable bonds is 7. The highest BCUT2D eigenvalue weighted by Crippen LogP contribution is 2.42. The monoisotopic (exact) mass is 358 g/mol. The molecule has 2 N–H and O–H groups in total. The summed E-state index contributed by atoms with van der Waals surface area (Å²) in [4.78, 5) is 34.2. The second-order valence-electron chi connectivity index (χ2n) is 8.32. The molecule has 1 aliphatic heterocycles. The zero-order valence-corrected chi connectivity index (χ0v) is 15.6. The van der Waals surface area contributed by atoms with E-state index in [4.69, 9.17) is 0 Å². The Balaban J connectivity index is 1.20. The Morgan fingerprint density at radius 3 is 2.92 bits per heavy atom. The van der Waals surface area contributed by atoms with E-state index in [1.165, 1.54) is 12.8 Å². The number of aromatic amines is 1. The average Bonchev–Trinajstić information content (AvgIpc) is 3.20. The van der Waals surface area contributed by atoms with E-state index in [0.29, 0.717) is 24.8 Å². The van der Waals surface area contributed by atoms with Crippen LogP contribution in [0.1, 0.15) is 57.7 Å². The third-order valence-electron chi connectivity index (χ3n) is 6.69. The molecular formula is C20H30N4O2. The first-order chi connectivity index (χ1) is 12.7. The number of carbonyl (C=O) groups is 2. The lowest BCUT2D eigenvalue weighted by Crippen LogP contribution is -2.59. The van der Waals surface area contributed by atoms with Crippen molar-refractivity contribution in [2.75, 3.05) is 6.54 Å². The maximum absolute atomic E-state index is 12.5. The van der Waals surface area contributed by atoms with Gasteiger partial charge >= 0.3 is 0 Å². The molecule has 3 atom stereocenters. The molecule has 2 amide bonds. The molecule has 3 aliphatic rings. The number of imidazole rings is 1. The van der Waals surface area contributed by atoms with E-state index in [-0.39, 0.29) is 23.8 Å². The lowest BCUT2D eigenvalue weighted by molar-refractivity contribution is -0.135. The van der Waals surface area contributed by atoms with E-state index in [1.54, 1.807) is 12.4 Å². The van der Waals surface area contributed by atoms with Crippen molar-refractivity contribution >= 4 is 11.8 Å². The Hall–Kier alpha value is -1.85. The van der Waals surface area contributed by atoms with Crippen molar-refractivity contribution in [3.05, 3.63) is 18.2 Å². The summed E-state index contributed by atoms with van der Waals surface area (Å²) in [5.41, 5.74) is 0. The molecule has 1 aromatic rings. The van der Waals surface area contributed by atoms with Gasteiger partial charge in [0.25, 0.3) is 0 Å². The van der Waals surface area contributed by atoms with E-state index in [1.807, 2.05) is 4.90 Å². The van der Waals surface area contributed by atoms with Crippen molar-refractivity contribution in [1.29, 1.82) is 0 Å². The molecule has 2 aliphatic carbocycles. The number of hydrogen-bond acceptors (Lipinski definition) is 3. The van der Waals surface area contributed by atoms with Crippen molar-refractivity contribution in [2.24, 2.45) is 17.8 Å². The number of carbonyl (C=O) groups excluding carboxylic acids is 2. The molecule has 142 valence electrons. The Labute approximate surface area is 155 Å². The normalized spacial score (nSPS) is 32.5. The van der Waals surface area contributed by atoms with Crippen LogP contribution in [-0.2, 0) is 16.0 Å². The zero-order chi connectivity index (χ0) is 18.1. The fourth-order valence-electron chi connectivity index (χ4n) is 5.06. The van der Waals surface area contributed by atoms with Crippen LogP contribution in [-0.4, -0.2) is 45.3 Å². The quantitative estimate of drug-likeness (QED) is 0.785. The zero-order valence-electron chi connectivity index (χ0n) is 15.6. The predicted octanol–water partition coefficient (Wildman–Crippen LogP) is 2.27. The minimum atomic E-state index is 0.222. The van der Waals surface area contributed by atoms with Crippen LogP contribution >= 0.6 is 0 Å². The first-order valence-corrected chi connectivity index (χ1v) is 10.2. The number of aromatic nitrogens is 2. The Bertz CT molecular complexity index is 638. The maximum Gasteiger partial charge on any atom is 0.223 e. The fourth-order valence-corrected chi connectivity index (χ4v) is 5.06. The summed E-state index contributed by atoms with van der Waals surface area (Å²) >= 11 is 0. The SMILES string of the molecule is CCCC1CC(C(=O)N[C@@H]2C[C@H]3[C@@H]2CCN3C(=O)CCc2ncc[nH]2)C1. The van der Waals surface area contributed by atoms with Crippen molar-refractivity contribution < 1.29 is 9.59 Å². The molecule has 1 aromatic heterocycles. The summed E-state index contributed by atoms with van der Waals surface area (Å²) < 4.78 is 0. The van der Waals surface area contributed by atoms with Crippen molar-refractivity contribution in [2.45, 2.75) is 70.4 Å². The van der Waals surface area contributed by atoms with Crippen molar-refractivity contribution in [3.8, 4) is 0 Å². The van der Waals surface area contributed by atoms with Crippen LogP contribution < -0.4 is 5.32 Å². The molecule has 26 heavy (non-hydrogen) atoms. The van der Waals surface area contributed by atoms with Crippen LogP contribution in [0.2, 0.25) is 0 Å². The second kappa shape index (κ2) is 7.41. The molecule has 4 rings (SSSR count). The number of nitrogens with one attached hydrogen (secondary N) is 2. The minimum Gasteiger partial charge on any atom is -0.353 e. The highest BCUT2D eigenvalue weighted by molar-refractivity contribution is 5.80. The molecule has 2 heterocycles. The molecule has 0 radical (unpaired) electrons. The van der Waals surface area contributed by atoms with Gasteiger partial charge in [-0.05, 0) is 31.6 Å². The molecule has 6 heteroatoms. The van der Waals surface area contributed by atoms with Crippen LogP contribution in [0.4, 0.5) is 0 Å². The highest BCUT2D eigenvalue weighted by atomic mass is 16.2. The van der Waals surface area contributed by atoms with E-state index < -0.39 is 0 Å². The summed E-state index contributed by atoms with van der Waals surface area (Å²) in [6, 6.07) is 0.610. The summed E-state index contributed by atoms with van der Waals surface area (Å²) in [6.45, 7) is 3.05. The molecule has 0 bridgehead atoms. The summed E-state index contributed by atoms with van der Waals surface area (Å²) in [7, 11) is 0. The molecule has 1 saturated heterocycles. The summed E-state index contributed by atoms with van der Waals surface area (Å²) in [5, 5.41) is 3.27. The summed E-state index contributed by atoms with van der Waals surface area (Å²) in [5.74, 6) is 2.80. The van der Waals surface area contributed by atoms with Crippen LogP contribution in [0, 0.1) is 17.8 Å². The Kier molecular flexibility index (Phi) is 5.00. The molecule has 0 spiro atoms. The van der Waals surface area contributed by atoms with Gasteiger partial charge in [0.05, 0.1) is 0 Å². The highest BCUT2D eigenvalue weighted by Gasteiger charge is 2.50. The number of hydrogen-bond donors (Lipinski definition) is 2. The Morgan fingerprint density at radius 2 is 2.19 bits per heavy atom. The first kappa shape index (κ1) is 17.6. The maximum atomic E-state index is 12.5. The molecule has 0 unspecified atom stereocenters. The minimum absolute atomic E-state index is 0.222. The van der Waals surface area contributed by atoms with Crippen LogP contribution in [0.15, 0.2) is 12.4 Å². The first-order valence-electron chi connectivity index (χ1n) is 10.2. The third kappa shape index (κ3) is 3.38. The second-order valence-corrected chi connectivity index (χ2v) is 8.32. The number of fused-ring (bicyclic) bond motifs is 1. The average molecular weight is 358 g/mol. The van der Waals surface area contributed by atoms with E-state index in [9.17, 15) is 9.59 Å². The number of nitrogens with zero attached hydrogens (tertiary/aromatic N) is 2. The summed E-state index contributed by atoms with van der Waals surface area (Å²) in [6.07, 6.45) is 11.2. The number of H-pyrrole nitrogens is 1. The smallest absolute Gasteiger partial charge is 0.223 e. The number of aryl methyl sites for hydroxylation is 1. The van der Waals surface area contributed by atoms with Crippen molar-refractivity contribution in [3.63, 3.8) is 0 Å². The van der Waals surface area contributed by atoms with E-state index in [2.05, 4.69) is 22.2 Å². The molecule has 6 nitrogen and oxygen atoms in total. The van der Waals surface area contributed by atoms with Crippen LogP contribution in [0.5, 0.6) is 0 Å². The van der Waals surface area contributed by atoms with Gasteiger partial charge in [0, 0.05) is 55.7 Å². The molecule has 3 fully saturated rings. The van der Waals surface area contributed by atoms with Crippen LogP contribution in [0.25, 0.3) is 0 Å². The standard InChI is InChI=1S/C20H30N4O2/c1-2-3-13-10-14(11-13)20(26)23-16-12-17-15(16)6-9-24(17)19(25)5-4-18-21-7-8-22-18/h7-8,13-17H,2-6,9-12H2,1H3,(H,21,22)(H,23,26)/t13?,14?,15-,16-,17+/m1/s1. The van der Waals surface area contributed by atoms with Gasteiger partial charge in [-0.15, -0.1) is 0 Å². The fraction of sp³-hybridized carbons (Fsp3) is 0.750.